The van der Waals surface area contributed by atoms with Crippen LogP contribution in [0.25, 0.3) is 11.0 Å². The zero-order valence-corrected chi connectivity index (χ0v) is 9.88. The monoisotopic (exact) mass is 238 g/mol. The Morgan fingerprint density at radius 2 is 1.78 bits per heavy atom. The van der Waals surface area contributed by atoms with Crippen LogP contribution in [0.3, 0.4) is 0 Å². The molecular formula is C14H14N4. The van der Waals surface area contributed by atoms with E-state index in [4.69, 9.17) is 11.5 Å². The molecule has 18 heavy (non-hydrogen) atoms. The van der Waals surface area contributed by atoms with Crippen molar-refractivity contribution in [2.45, 2.75) is 6.54 Å². The summed E-state index contributed by atoms with van der Waals surface area (Å²) in [4.78, 5) is 4.33. The Bertz CT molecular complexity index is 686. The molecule has 1 heterocycles. The SMILES string of the molecule is Nc1ccc2c(c1)nc(N)n2Cc1ccccc1. The zero-order valence-electron chi connectivity index (χ0n) is 9.88. The van der Waals surface area contributed by atoms with Crippen LogP contribution in [0.15, 0.2) is 48.5 Å². The third kappa shape index (κ3) is 1.78. The van der Waals surface area contributed by atoms with E-state index in [1.165, 1.54) is 5.56 Å². The molecule has 3 rings (SSSR count). The molecule has 90 valence electrons. The van der Waals surface area contributed by atoms with Gasteiger partial charge in [-0.3, -0.25) is 0 Å². The van der Waals surface area contributed by atoms with Crippen LogP contribution in [0.4, 0.5) is 11.6 Å². The van der Waals surface area contributed by atoms with Gasteiger partial charge in [0, 0.05) is 5.69 Å². The highest BCUT2D eigenvalue weighted by Crippen LogP contribution is 2.21. The van der Waals surface area contributed by atoms with Crippen LogP contribution in [-0.2, 0) is 6.54 Å². The first-order valence-corrected chi connectivity index (χ1v) is 5.79. The molecule has 0 radical (unpaired) electrons. The van der Waals surface area contributed by atoms with Crippen molar-refractivity contribution < 1.29 is 0 Å². The molecule has 0 fully saturated rings. The summed E-state index contributed by atoms with van der Waals surface area (Å²) in [5, 5.41) is 0. The number of hydrogen-bond donors (Lipinski definition) is 2. The normalized spacial score (nSPS) is 10.9. The number of anilines is 2. The van der Waals surface area contributed by atoms with Gasteiger partial charge in [-0.15, -0.1) is 0 Å². The Morgan fingerprint density at radius 3 is 2.56 bits per heavy atom. The molecule has 0 aliphatic heterocycles. The number of rotatable bonds is 2. The van der Waals surface area contributed by atoms with Gasteiger partial charge < -0.3 is 16.0 Å². The first-order valence-electron chi connectivity index (χ1n) is 5.79. The molecule has 0 saturated heterocycles. The van der Waals surface area contributed by atoms with Gasteiger partial charge in [0.25, 0.3) is 0 Å². The average molecular weight is 238 g/mol. The molecule has 1 aromatic heterocycles. The van der Waals surface area contributed by atoms with E-state index < -0.39 is 0 Å². The molecule has 0 saturated carbocycles. The number of nitrogens with two attached hydrogens (primary N) is 2. The van der Waals surface area contributed by atoms with E-state index in [-0.39, 0.29) is 0 Å². The molecule has 0 aliphatic rings. The lowest BCUT2D eigenvalue weighted by Gasteiger charge is -2.06. The summed E-state index contributed by atoms with van der Waals surface area (Å²) in [6.45, 7) is 0.715. The predicted molar refractivity (Wildman–Crippen MR) is 74.1 cm³/mol. The van der Waals surface area contributed by atoms with Crippen molar-refractivity contribution in [2.75, 3.05) is 11.5 Å². The Labute approximate surface area is 105 Å². The molecule has 0 aliphatic carbocycles. The number of imidazole rings is 1. The van der Waals surface area contributed by atoms with Gasteiger partial charge in [-0.05, 0) is 23.8 Å². The van der Waals surface area contributed by atoms with Crippen LogP contribution in [0.5, 0.6) is 0 Å². The standard InChI is InChI=1S/C14H14N4/c15-11-6-7-13-12(8-11)17-14(16)18(13)9-10-4-2-1-3-5-10/h1-8H,9,15H2,(H2,16,17). The Balaban J connectivity index is 2.09. The van der Waals surface area contributed by atoms with Crippen LogP contribution in [-0.4, -0.2) is 9.55 Å². The van der Waals surface area contributed by atoms with E-state index in [0.29, 0.717) is 18.2 Å². The van der Waals surface area contributed by atoms with Gasteiger partial charge in [0.15, 0.2) is 0 Å². The van der Waals surface area contributed by atoms with Crippen molar-refractivity contribution in [2.24, 2.45) is 0 Å². The van der Waals surface area contributed by atoms with Gasteiger partial charge in [-0.1, -0.05) is 30.3 Å². The highest BCUT2D eigenvalue weighted by atomic mass is 15.1. The number of nitrogens with zero attached hydrogens (tertiary/aromatic N) is 2. The summed E-state index contributed by atoms with van der Waals surface area (Å²) in [6, 6.07) is 15.8. The highest BCUT2D eigenvalue weighted by molar-refractivity contribution is 5.81. The smallest absolute Gasteiger partial charge is 0.201 e. The summed E-state index contributed by atoms with van der Waals surface area (Å²) in [6.07, 6.45) is 0. The second-order valence-electron chi connectivity index (χ2n) is 4.29. The molecule has 4 nitrogen and oxygen atoms in total. The first kappa shape index (κ1) is 10.7. The van der Waals surface area contributed by atoms with Gasteiger partial charge >= 0.3 is 0 Å². The minimum Gasteiger partial charge on any atom is -0.399 e. The van der Waals surface area contributed by atoms with Crippen molar-refractivity contribution in [3.05, 3.63) is 54.1 Å². The predicted octanol–water partition coefficient (Wildman–Crippen LogP) is 2.25. The molecule has 4 heteroatoms. The Kier molecular flexibility index (Phi) is 2.41. The molecular weight excluding hydrogens is 224 g/mol. The first-order chi connectivity index (χ1) is 8.74. The quantitative estimate of drug-likeness (QED) is 0.673. The second-order valence-corrected chi connectivity index (χ2v) is 4.29. The lowest BCUT2D eigenvalue weighted by Crippen LogP contribution is -2.04. The van der Waals surface area contributed by atoms with E-state index in [9.17, 15) is 0 Å². The van der Waals surface area contributed by atoms with Gasteiger partial charge in [0.1, 0.15) is 0 Å². The topological polar surface area (TPSA) is 69.9 Å². The Hall–Kier alpha value is -2.49. The molecule has 0 amide bonds. The average Bonchev–Trinajstić information content (AvgIpc) is 2.66. The van der Waals surface area contributed by atoms with E-state index >= 15 is 0 Å². The lowest BCUT2D eigenvalue weighted by atomic mass is 10.2. The minimum atomic E-state index is 0.513. The summed E-state index contributed by atoms with van der Waals surface area (Å²) in [5.41, 5.74) is 15.4. The fourth-order valence-corrected chi connectivity index (χ4v) is 2.10. The molecule has 2 aromatic carbocycles. The van der Waals surface area contributed by atoms with E-state index in [0.717, 1.165) is 11.0 Å². The number of benzene rings is 2. The maximum Gasteiger partial charge on any atom is 0.201 e. The Morgan fingerprint density at radius 1 is 1.00 bits per heavy atom. The number of nitrogen functional groups attached to an aromatic ring is 2. The van der Waals surface area contributed by atoms with Gasteiger partial charge in [0.2, 0.25) is 5.95 Å². The summed E-state index contributed by atoms with van der Waals surface area (Å²) in [7, 11) is 0. The third-order valence-electron chi connectivity index (χ3n) is 2.99. The molecule has 0 spiro atoms. The molecule has 0 unspecified atom stereocenters. The second kappa shape index (κ2) is 4.07. The molecule has 4 N–H and O–H groups in total. The maximum atomic E-state index is 5.96. The maximum absolute atomic E-state index is 5.96. The van der Waals surface area contributed by atoms with Crippen LogP contribution in [0.2, 0.25) is 0 Å². The van der Waals surface area contributed by atoms with Crippen LogP contribution in [0, 0.1) is 0 Å². The van der Waals surface area contributed by atoms with Gasteiger partial charge in [-0.25, -0.2) is 4.98 Å². The van der Waals surface area contributed by atoms with Crippen molar-refractivity contribution in [3.8, 4) is 0 Å². The van der Waals surface area contributed by atoms with Crippen molar-refractivity contribution in [1.29, 1.82) is 0 Å². The molecule has 0 atom stereocenters. The molecule has 3 aromatic rings. The zero-order chi connectivity index (χ0) is 12.5. The van der Waals surface area contributed by atoms with Crippen LogP contribution < -0.4 is 11.5 Å². The third-order valence-corrected chi connectivity index (χ3v) is 2.99. The van der Waals surface area contributed by atoms with E-state index in [1.807, 2.05) is 41.0 Å². The van der Waals surface area contributed by atoms with Crippen LogP contribution >= 0.6 is 0 Å². The van der Waals surface area contributed by atoms with Gasteiger partial charge in [0.05, 0.1) is 17.6 Å². The van der Waals surface area contributed by atoms with Crippen molar-refractivity contribution in [1.82, 2.24) is 9.55 Å². The highest BCUT2D eigenvalue weighted by Gasteiger charge is 2.08. The van der Waals surface area contributed by atoms with Crippen molar-refractivity contribution >= 4 is 22.7 Å². The van der Waals surface area contributed by atoms with E-state index in [1.54, 1.807) is 0 Å². The number of aromatic nitrogens is 2. The minimum absolute atomic E-state index is 0.513. The number of fused-ring (bicyclic) bond motifs is 1. The van der Waals surface area contributed by atoms with E-state index in [2.05, 4.69) is 17.1 Å². The fourth-order valence-electron chi connectivity index (χ4n) is 2.10. The van der Waals surface area contributed by atoms with Gasteiger partial charge in [-0.2, -0.15) is 0 Å². The lowest BCUT2D eigenvalue weighted by molar-refractivity contribution is 0.838. The number of hydrogen-bond acceptors (Lipinski definition) is 3. The van der Waals surface area contributed by atoms with Crippen molar-refractivity contribution in [3.63, 3.8) is 0 Å². The summed E-state index contributed by atoms with van der Waals surface area (Å²) < 4.78 is 1.99. The summed E-state index contributed by atoms with van der Waals surface area (Å²) >= 11 is 0. The van der Waals surface area contributed by atoms with Crippen LogP contribution in [0.1, 0.15) is 5.56 Å². The fraction of sp³-hybridized carbons (Fsp3) is 0.0714. The molecule has 0 bridgehead atoms. The largest absolute Gasteiger partial charge is 0.399 e. The summed E-state index contributed by atoms with van der Waals surface area (Å²) in [5.74, 6) is 0.513.